The topological polar surface area (TPSA) is 67.4 Å². The van der Waals surface area contributed by atoms with Gasteiger partial charge in [-0.2, -0.15) is 0 Å². The quantitative estimate of drug-likeness (QED) is 0.809. The maximum atomic E-state index is 11.6. The molecule has 2 aliphatic heterocycles. The minimum atomic E-state index is -0.319. The molecule has 2 amide bonds. The van der Waals surface area contributed by atoms with E-state index in [4.69, 9.17) is 4.74 Å². The fourth-order valence-electron chi connectivity index (χ4n) is 2.85. The maximum absolute atomic E-state index is 11.6. The van der Waals surface area contributed by atoms with Gasteiger partial charge in [-0.15, -0.1) is 0 Å². The molecule has 0 aromatic heterocycles. The Morgan fingerprint density at radius 3 is 2.75 bits per heavy atom. The van der Waals surface area contributed by atoms with Crippen molar-refractivity contribution in [1.82, 2.24) is 5.32 Å². The lowest BCUT2D eigenvalue weighted by atomic mass is 9.93. The number of carbonyl (C=O) groups excluding carboxylic acids is 2. The Bertz CT molecular complexity index is 580. The Hall–Kier alpha value is -1.88. The lowest BCUT2D eigenvalue weighted by Gasteiger charge is -2.36. The Morgan fingerprint density at radius 1 is 1.25 bits per heavy atom. The third kappa shape index (κ3) is 2.41. The Balaban J connectivity index is 1.78. The van der Waals surface area contributed by atoms with Gasteiger partial charge in [0.05, 0.1) is 16.7 Å². The van der Waals surface area contributed by atoms with Gasteiger partial charge in [0.25, 0.3) is 11.8 Å². The molecule has 5 heteroatoms. The predicted octanol–water partition coefficient (Wildman–Crippen LogP) is 1.94. The zero-order valence-corrected chi connectivity index (χ0v) is 11.7. The van der Waals surface area contributed by atoms with Crippen molar-refractivity contribution in [3.63, 3.8) is 0 Å². The summed E-state index contributed by atoms with van der Waals surface area (Å²) >= 11 is 0. The molecule has 2 aliphatic rings. The molecule has 1 fully saturated rings. The number of amides is 2. The summed E-state index contributed by atoms with van der Waals surface area (Å²) in [6.07, 6.45) is 1.85. The van der Waals surface area contributed by atoms with E-state index >= 15 is 0 Å². The zero-order valence-electron chi connectivity index (χ0n) is 11.7. The van der Waals surface area contributed by atoms with Gasteiger partial charge in [0.15, 0.2) is 0 Å². The van der Waals surface area contributed by atoms with Crippen LogP contribution < -0.4 is 10.6 Å². The van der Waals surface area contributed by atoms with Gasteiger partial charge in [0.1, 0.15) is 0 Å². The molecule has 2 N–H and O–H groups in total. The molecule has 106 valence electrons. The van der Waals surface area contributed by atoms with Crippen LogP contribution in [0.1, 0.15) is 47.4 Å². The summed E-state index contributed by atoms with van der Waals surface area (Å²) < 4.78 is 5.69. The number of anilines is 1. The van der Waals surface area contributed by atoms with Gasteiger partial charge in [0.2, 0.25) is 0 Å². The summed E-state index contributed by atoms with van der Waals surface area (Å²) in [5.41, 5.74) is 1.65. The Kier molecular flexibility index (Phi) is 3.01. The molecule has 5 nitrogen and oxygen atoms in total. The van der Waals surface area contributed by atoms with Crippen molar-refractivity contribution in [3.8, 4) is 0 Å². The van der Waals surface area contributed by atoms with Gasteiger partial charge in [-0.3, -0.25) is 14.9 Å². The summed E-state index contributed by atoms with van der Waals surface area (Å²) in [6, 6.07) is 5.61. The molecule has 1 aromatic carbocycles. The number of fused-ring (bicyclic) bond motifs is 1. The fourth-order valence-corrected chi connectivity index (χ4v) is 2.85. The number of hydrogen-bond donors (Lipinski definition) is 2. The van der Waals surface area contributed by atoms with E-state index in [1.165, 1.54) is 0 Å². The number of carbonyl (C=O) groups is 2. The molecule has 0 aliphatic carbocycles. The van der Waals surface area contributed by atoms with Gasteiger partial charge >= 0.3 is 0 Å². The average molecular weight is 274 g/mol. The molecule has 1 saturated heterocycles. The number of hydrogen-bond acceptors (Lipinski definition) is 4. The molecular weight excluding hydrogens is 256 g/mol. The summed E-state index contributed by atoms with van der Waals surface area (Å²) in [5, 5.41) is 5.73. The number of ether oxygens (including phenoxy) is 1. The first kappa shape index (κ1) is 13.1. The minimum absolute atomic E-state index is 0.125. The normalized spacial score (nSPS) is 24.2. The Morgan fingerprint density at radius 2 is 2.00 bits per heavy atom. The van der Waals surface area contributed by atoms with Crippen LogP contribution in [0.25, 0.3) is 0 Å². The van der Waals surface area contributed by atoms with E-state index < -0.39 is 0 Å². The van der Waals surface area contributed by atoms with Crippen LogP contribution in [-0.4, -0.2) is 30.1 Å². The van der Waals surface area contributed by atoms with E-state index in [1.807, 2.05) is 6.07 Å². The van der Waals surface area contributed by atoms with Crippen LogP contribution in [0.15, 0.2) is 18.2 Å². The second-order valence-corrected chi connectivity index (χ2v) is 5.99. The third-order valence-corrected chi connectivity index (χ3v) is 3.80. The number of rotatable bonds is 2. The highest BCUT2D eigenvalue weighted by Crippen LogP contribution is 2.27. The molecule has 2 heterocycles. The van der Waals surface area contributed by atoms with Crippen LogP contribution in [0.5, 0.6) is 0 Å². The molecule has 20 heavy (non-hydrogen) atoms. The molecule has 0 bridgehead atoms. The second kappa shape index (κ2) is 4.59. The summed E-state index contributed by atoms with van der Waals surface area (Å²) in [4.78, 5) is 23.1. The van der Waals surface area contributed by atoms with Crippen LogP contribution in [0.2, 0.25) is 0 Å². The van der Waals surface area contributed by atoms with Gasteiger partial charge in [-0.25, -0.2) is 0 Å². The van der Waals surface area contributed by atoms with Gasteiger partial charge in [0, 0.05) is 18.3 Å². The van der Waals surface area contributed by atoms with Crippen molar-refractivity contribution in [2.24, 2.45) is 0 Å². The van der Waals surface area contributed by atoms with E-state index in [0.29, 0.717) is 17.2 Å². The predicted molar refractivity (Wildman–Crippen MR) is 74.9 cm³/mol. The zero-order chi connectivity index (χ0) is 14.3. The van der Waals surface area contributed by atoms with Crippen molar-refractivity contribution < 1.29 is 14.3 Å². The minimum Gasteiger partial charge on any atom is -0.382 e. The van der Waals surface area contributed by atoms with Gasteiger partial charge in [-0.05, 0) is 44.9 Å². The summed E-state index contributed by atoms with van der Waals surface area (Å²) in [5.74, 6) is -0.635. The molecule has 3 rings (SSSR count). The molecule has 0 spiro atoms. The van der Waals surface area contributed by atoms with E-state index in [0.717, 1.165) is 25.1 Å². The molecule has 1 atom stereocenters. The van der Waals surface area contributed by atoms with Gasteiger partial charge in [-0.1, -0.05) is 0 Å². The van der Waals surface area contributed by atoms with E-state index in [-0.39, 0.29) is 17.4 Å². The molecule has 1 aromatic rings. The smallest absolute Gasteiger partial charge is 0.259 e. The van der Waals surface area contributed by atoms with Crippen molar-refractivity contribution in [2.45, 2.75) is 38.3 Å². The maximum Gasteiger partial charge on any atom is 0.259 e. The van der Waals surface area contributed by atoms with E-state index in [1.54, 1.807) is 12.1 Å². The number of nitrogens with one attached hydrogen (secondary N) is 2. The Labute approximate surface area is 117 Å². The van der Waals surface area contributed by atoms with Crippen molar-refractivity contribution in [2.75, 3.05) is 11.9 Å². The van der Waals surface area contributed by atoms with Crippen LogP contribution in [0.3, 0.4) is 0 Å². The van der Waals surface area contributed by atoms with Crippen LogP contribution in [-0.2, 0) is 4.74 Å². The lowest BCUT2D eigenvalue weighted by molar-refractivity contribution is -0.0553. The molecular formula is C15H18N2O3. The van der Waals surface area contributed by atoms with E-state index in [9.17, 15) is 9.59 Å². The van der Waals surface area contributed by atoms with Crippen molar-refractivity contribution in [1.29, 1.82) is 0 Å². The standard InChI is InChI=1S/C15H18N2O3/c1-15(2)8-10(5-6-20-15)16-9-3-4-11-12(7-9)14(19)17-13(11)18/h3-4,7,10,16H,5-6,8H2,1-2H3,(H,17,18,19). The first-order chi connectivity index (χ1) is 9.44. The second-order valence-electron chi connectivity index (χ2n) is 5.99. The van der Waals surface area contributed by atoms with Crippen molar-refractivity contribution >= 4 is 17.5 Å². The SMILES string of the molecule is CC1(C)CC(Nc2ccc3c(c2)C(=O)NC3=O)CCO1. The highest BCUT2D eigenvalue weighted by Gasteiger charge is 2.30. The van der Waals surface area contributed by atoms with E-state index in [2.05, 4.69) is 24.5 Å². The molecule has 0 saturated carbocycles. The first-order valence-electron chi connectivity index (χ1n) is 6.85. The lowest BCUT2D eigenvalue weighted by Crippen LogP contribution is -2.40. The fraction of sp³-hybridized carbons (Fsp3) is 0.467. The number of benzene rings is 1. The summed E-state index contributed by atoms with van der Waals surface area (Å²) in [7, 11) is 0. The van der Waals surface area contributed by atoms with Crippen LogP contribution >= 0.6 is 0 Å². The van der Waals surface area contributed by atoms with Crippen LogP contribution in [0.4, 0.5) is 5.69 Å². The monoisotopic (exact) mass is 274 g/mol. The molecule has 0 radical (unpaired) electrons. The highest BCUT2D eigenvalue weighted by molar-refractivity contribution is 6.21. The number of imide groups is 1. The molecule has 1 unspecified atom stereocenters. The average Bonchev–Trinajstić information content (AvgIpc) is 2.63. The largest absolute Gasteiger partial charge is 0.382 e. The van der Waals surface area contributed by atoms with Crippen molar-refractivity contribution in [3.05, 3.63) is 29.3 Å². The third-order valence-electron chi connectivity index (χ3n) is 3.80. The van der Waals surface area contributed by atoms with Gasteiger partial charge < -0.3 is 10.1 Å². The van der Waals surface area contributed by atoms with Crippen LogP contribution in [0, 0.1) is 0 Å². The first-order valence-corrected chi connectivity index (χ1v) is 6.85. The summed E-state index contributed by atoms with van der Waals surface area (Å²) in [6.45, 7) is 4.89. The highest BCUT2D eigenvalue weighted by atomic mass is 16.5.